The summed E-state index contributed by atoms with van der Waals surface area (Å²) in [5, 5.41) is -0.561. The van der Waals surface area contributed by atoms with Crippen LogP contribution >= 0.6 is 11.6 Å². The molecule has 10 heteroatoms. The van der Waals surface area contributed by atoms with Crippen LogP contribution in [0.4, 0.5) is 13.2 Å². The van der Waals surface area contributed by atoms with E-state index in [2.05, 4.69) is 0 Å². The highest BCUT2D eigenvalue weighted by Crippen LogP contribution is 2.36. The van der Waals surface area contributed by atoms with Crippen LogP contribution in [0.5, 0.6) is 0 Å². The molecule has 0 atom stereocenters. The molecule has 2 rings (SSSR count). The van der Waals surface area contributed by atoms with Crippen LogP contribution in [-0.4, -0.2) is 49.7 Å². The Labute approximate surface area is 155 Å². The summed E-state index contributed by atoms with van der Waals surface area (Å²) < 4.78 is 65.2. The molecule has 1 heterocycles. The normalized spacial score (nSPS) is 16.5. The van der Waals surface area contributed by atoms with Gasteiger partial charge in [0.05, 0.1) is 15.5 Å². The average Bonchev–Trinajstić information content (AvgIpc) is 2.53. The number of benzene rings is 1. The van der Waals surface area contributed by atoms with Gasteiger partial charge in [0.15, 0.2) is 0 Å². The summed E-state index contributed by atoms with van der Waals surface area (Å²) in [7, 11) is -4.11. The van der Waals surface area contributed by atoms with Gasteiger partial charge in [-0.2, -0.15) is 17.5 Å². The molecular formula is C16H18ClF3N2O3S. The Morgan fingerprint density at radius 2 is 1.73 bits per heavy atom. The molecule has 0 radical (unpaired) electrons. The third-order valence-corrected chi connectivity index (χ3v) is 6.07. The zero-order valence-electron chi connectivity index (χ0n) is 14.2. The fourth-order valence-corrected chi connectivity index (χ4v) is 4.19. The number of carbonyl (C=O) groups excluding carboxylic acids is 1. The summed E-state index contributed by atoms with van der Waals surface area (Å²) in [6, 6.07) is 2.51. The number of sulfonamides is 1. The molecule has 0 N–H and O–H groups in total. The minimum absolute atomic E-state index is 0.00858. The maximum atomic E-state index is 13.0. The standard InChI is InChI=1S/C16H18ClF3N2O3S/c1-11(2)9-15(23)21-5-7-22(8-6-21)26(24,25)12-3-4-14(17)13(10-12)16(18,19)20/h3-4,9-10H,5-8H2,1-2H3. The molecule has 0 saturated carbocycles. The predicted molar refractivity (Wildman–Crippen MR) is 91.2 cm³/mol. The molecule has 1 amide bonds. The molecule has 0 aliphatic carbocycles. The fraction of sp³-hybridized carbons (Fsp3) is 0.438. The van der Waals surface area contributed by atoms with Gasteiger partial charge < -0.3 is 4.90 Å². The van der Waals surface area contributed by atoms with Crippen molar-refractivity contribution in [1.29, 1.82) is 0 Å². The van der Waals surface area contributed by atoms with Gasteiger partial charge in [-0.3, -0.25) is 4.79 Å². The molecule has 1 aromatic rings. The van der Waals surface area contributed by atoms with Gasteiger partial charge in [-0.1, -0.05) is 17.2 Å². The van der Waals surface area contributed by atoms with E-state index in [0.717, 1.165) is 22.0 Å². The lowest BCUT2D eigenvalue weighted by atomic mass is 10.2. The van der Waals surface area contributed by atoms with E-state index in [4.69, 9.17) is 11.6 Å². The summed E-state index contributed by atoms with van der Waals surface area (Å²) in [5.41, 5.74) is -0.372. The van der Waals surface area contributed by atoms with Gasteiger partial charge >= 0.3 is 6.18 Å². The van der Waals surface area contributed by atoms with Crippen molar-refractivity contribution in [1.82, 2.24) is 9.21 Å². The van der Waals surface area contributed by atoms with E-state index in [1.165, 1.54) is 11.0 Å². The van der Waals surface area contributed by atoms with Crippen molar-refractivity contribution >= 4 is 27.5 Å². The Morgan fingerprint density at radius 3 is 2.23 bits per heavy atom. The molecule has 0 aromatic heterocycles. The minimum Gasteiger partial charge on any atom is -0.337 e. The first-order chi connectivity index (χ1) is 11.9. The number of nitrogens with zero attached hydrogens (tertiary/aromatic N) is 2. The number of hydrogen-bond acceptors (Lipinski definition) is 3. The third kappa shape index (κ3) is 4.57. The van der Waals surface area contributed by atoms with E-state index >= 15 is 0 Å². The molecule has 0 unspecified atom stereocenters. The molecule has 0 spiro atoms. The first-order valence-corrected chi connectivity index (χ1v) is 9.55. The monoisotopic (exact) mass is 410 g/mol. The van der Waals surface area contributed by atoms with Crippen LogP contribution in [0.3, 0.4) is 0 Å². The van der Waals surface area contributed by atoms with Gasteiger partial charge in [-0.05, 0) is 32.0 Å². The van der Waals surface area contributed by atoms with Gasteiger partial charge in [0.1, 0.15) is 0 Å². The van der Waals surface area contributed by atoms with Gasteiger partial charge in [-0.15, -0.1) is 0 Å². The van der Waals surface area contributed by atoms with Crippen LogP contribution < -0.4 is 0 Å². The predicted octanol–water partition coefficient (Wildman–Crippen LogP) is 3.16. The van der Waals surface area contributed by atoms with E-state index in [1.807, 2.05) is 0 Å². The van der Waals surface area contributed by atoms with E-state index in [-0.39, 0.29) is 32.1 Å². The molecular weight excluding hydrogens is 393 g/mol. The Morgan fingerprint density at radius 1 is 1.15 bits per heavy atom. The van der Waals surface area contributed by atoms with Crippen LogP contribution in [0, 0.1) is 0 Å². The third-order valence-electron chi connectivity index (χ3n) is 3.84. The Balaban J connectivity index is 2.20. The summed E-state index contributed by atoms with van der Waals surface area (Å²) >= 11 is 5.53. The van der Waals surface area contributed by atoms with Crippen molar-refractivity contribution in [3.05, 3.63) is 40.4 Å². The van der Waals surface area contributed by atoms with Crippen LogP contribution in [0.25, 0.3) is 0 Å². The number of amides is 1. The van der Waals surface area contributed by atoms with Crippen molar-refractivity contribution < 1.29 is 26.4 Å². The Bertz CT molecular complexity index is 826. The molecule has 0 bridgehead atoms. The maximum Gasteiger partial charge on any atom is 0.417 e. The van der Waals surface area contributed by atoms with E-state index < -0.39 is 31.7 Å². The molecule has 5 nitrogen and oxygen atoms in total. The largest absolute Gasteiger partial charge is 0.417 e. The zero-order valence-corrected chi connectivity index (χ0v) is 15.7. The van der Waals surface area contributed by atoms with Gasteiger partial charge in [0.25, 0.3) is 0 Å². The fourth-order valence-electron chi connectivity index (χ4n) is 2.52. The van der Waals surface area contributed by atoms with E-state index in [9.17, 15) is 26.4 Å². The SMILES string of the molecule is CC(C)=CC(=O)N1CCN(S(=O)(=O)c2ccc(Cl)c(C(F)(F)F)c2)CC1. The van der Waals surface area contributed by atoms with Crippen molar-refractivity contribution in [3.63, 3.8) is 0 Å². The van der Waals surface area contributed by atoms with Crippen LogP contribution in [-0.2, 0) is 21.0 Å². The number of allylic oxidation sites excluding steroid dienone is 1. The number of rotatable bonds is 3. The van der Waals surface area contributed by atoms with Crippen molar-refractivity contribution in [2.45, 2.75) is 24.9 Å². The molecule has 1 saturated heterocycles. The lowest BCUT2D eigenvalue weighted by Crippen LogP contribution is -2.50. The van der Waals surface area contributed by atoms with Gasteiger partial charge in [0, 0.05) is 32.3 Å². The zero-order chi connectivity index (χ0) is 19.7. The highest BCUT2D eigenvalue weighted by atomic mass is 35.5. The van der Waals surface area contributed by atoms with Crippen molar-refractivity contribution in [2.24, 2.45) is 0 Å². The van der Waals surface area contributed by atoms with Crippen LogP contribution in [0.15, 0.2) is 34.7 Å². The number of piperazine rings is 1. The smallest absolute Gasteiger partial charge is 0.337 e. The van der Waals surface area contributed by atoms with E-state index in [1.54, 1.807) is 13.8 Å². The second kappa shape index (κ2) is 7.58. The maximum absolute atomic E-state index is 13.0. The molecule has 1 aliphatic rings. The van der Waals surface area contributed by atoms with Crippen LogP contribution in [0.2, 0.25) is 5.02 Å². The van der Waals surface area contributed by atoms with Crippen molar-refractivity contribution in [2.75, 3.05) is 26.2 Å². The second-order valence-electron chi connectivity index (χ2n) is 6.09. The molecule has 26 heavy (non-hydrogen) atoms. The summed E-state index contributed by atoms with van der Waals surface area (Å²) in [6.45, 7) is 3.90. The highest BCUT2D eigenvalue weighted by Gasteiger charge is 2.36. The van der Waals surface area contributed by atoms with Crippen molar-refractivity contribution in [3.8, 4) is 0 Å². The lowest BCUT2D eigenvalue weighted by Gasteiger charge is -2.33. The van der Waals surface area contributed by atoms with Gasteiger partial charge in [0.2, 0.25) is 15.9 Å². The molecule has 144 valence electrons. The van der Waals surface area contributed by atoms with E-state index in [0.29, 0.717) is 6.07 Å². The van der Waals surface area contributed by atoms with Crippen LogP contribution in [0.1, 0.15) is 19.4 Å². The lowest BCUT2D eigenvalue weighted by molar-refractivity contribution is -0.137. The topological polar surface area (TPSA) is 57.7 Å². The molecule has 1 fully saturated rings. The number of halogens is 4. The van der Waals surface area contributed by atoms with Gasteiger partial charge in [-0.25, -0.2) is 8.42 Å². The quantitative estimate of drug-likeness (QED) is 0.719. The summed E-state index contributed by atoms with van der Waals surface area (Å²) in [6.07, 6.45) is -3.29. The molecule has 1 aliphatic heterocycles. The number of hydrogen-bond donors (Lipinski definition) is 0. The number of alkyl halides is 3. The summed E-state index contributed by atoms with van der Waals surface area (Å²) in [4.78, 5) is 13.0. The average molecular weight is 411 g/mol. The Kier molecular flexibility index (Phi) is 6.04. The minimum atomic E-state index is -4.75. The molecule has 1 aromatic carbocycles. The first kappa shape index (κ1) is 20.7. The number of carbonyl (C=O) groups is 1. The first-order valence-electron chi connectivity index (χ1n) is 7.73. The second-order valence-corrected chi connectivity index (χ2v) is 8.44. The highest BCUT2D eigenvalue weighted by molar-refractivity contribution is 7.89. The summed E-state index contributed by atoms with van der Waals surface area (Å²) in [5.74, 6) is -0.215. The Hall–Kier alpha value is -1.58.